The summed E-state index contributed by atoms with van der Waals surface area (Å²) in [5.74, 6) is -0.0177. The van der Waals surface area contributed by atoms with Crippen molar-refractivity contribution in [3.63, 3.8) is 0 Å². The molecule has 2 aromatic rings. The van der Waals surface area contributed by atoms with E-state index in [0.717, 1.165) is 22.0 Å². The highest BCUT2D eigenvalue weighted by Gasteiger charge is 2.32. The van der Waals surface area contributed by atoms with Crippen LogP contribution in [0.25, 0.3) is 0 Å². The topological polar surface area (TPSA) is 37.8 Å². The normalized spacial score (nSPS) is 11.6. The van der Waals surface area contributed by atoms with Crippen molar-refractivity contribution >= 4 is 17.3 Å². The van der Waals surface area contributed by atoms with Gasteiger partial charge in [-0.1, -0.05) is 0 Å². The molecular formula is C11H10F3N3S. The number of hydrogen-bond acceptors (Lipinski definition) is 4. The summed E-state index contributed by atoms with van der Waals surface area (Å²) in [7, 11) is 0. The lowest BCUT2D eigenvalue weighted by Crippen LogP contribution is -2.11. The van der Waals surface area contributed by atoms with Crippen molar-refractivity contribution in [2.45, 2.75) is 19.6 Å². The first kappa shape index (κ1) is 12.8. The molecule has 0 fully saturated rings. The summed E-state index contributed by atoms with van der Waals surface area (Å²) in [4.78, 5) is 9.35. The molecule has 2 rings (SSSR count). The van der Waals surface area contributed by atoms with Gasteiger partial charge in [-0.2, -0.15) is 13.2 Å². The number of nitrogens with one attached hydrogen (secondary N) is 1. The van der Waals surface area contributed by atoms with Gasteiger partial charge in [0.2, 0.25) is 5.95 Å². The lowest BCUT2D eigenvalue weighted by molar-refractivity contribution is -0.141. The van der Waals surface area contributed by atoms with Gasteiger partial charge in [-0.3, -0.25) is 0 Å². The predicted octanol–water partition coefficient (Wildman–Crippen LogP) is 3.48. The maximum Gasteiger partial charge on any atom is 0.433 e. The molecule has 0 bridgehead atoms. The van der Waals surface area contributed by atoms with Gasteiger partial charge in [0.05, 0.1) is 6.54 Å². The lowest BCUT2D eigenvalue weighted by atomic mass is 10.4. The number of thiophene rings is 1. The van der Waals surface area contributed by atoms with Gasteiger partial charge in [0.15, 0.2) is 0 Å². The van der Waals surface area contributed by atoms with E-state index in [-0.39, 0.29) is 5.95 Å². The summed E-state index contributed by atoms with van der Waals surface area (Å²) in [6, 6.07) is 4.72. The van der Waals surface area contributed by atoms with Crippen molar-refractivity contribution in [3.8, 4) is 0 Å². The maximum absolute atomic E-state index is 12.4. The van der Waals surface area contributed by atoms with Gasteiger partial charge in [0.25, 0.3) is 0 Å². The summed E-state index contributed by atoms with van der Waals surface area (Å²) in [5, 5.41) is 2.77. The zero-order valence-corrected chi connectivity index (χ0v) is 10.3. The fourth-order valence-corrected chi connectivity index (χ4v) is 2.18. The van der Waals surface area contributed by atoms with Gasteiger partial charge in [0, 0.05) is 16.0 Å². The molecule has 96 valence electrons. The molecule has 18 heavy (non-hydrogen) atoms. The van der Waals surface area contributed by atoms with Crippen molar-refractivity contribution < 1.29 is 13.2 Å². The second-order valence-electron chi connectivity index (χ2n) is 3.63. The molecule has 0 unspecified atom stereocenters. The van der Waals surface area contributed by atoms with Crippen LogP contribution in [0.1, 0.15) is 15.4 Å². The molecule has 0 aliphatic carbocycles. The minimum atomic E-state index is -4.45. The van der Waals surface area contributed by atoms with Crippen LogP contribution in [-0.2, 0) is 12.7 Å². The highest BCUT2D eigenvalue weighted by atomic mass is 32.1. The molecule has 7 heteroatoms. The molecule has 0 spiro atoms. The van der Waals surface area contributed by atoms with Gasteiger partial charge < -0.3 is 5.32 Å². The number of nitrogens with zero attached hydrogens (tertiary/aromatic N) is 2. The average Bonchev–Trinajstić information content (AvgIpc) is 2.72. The summed E-state index contributed by atoms with van der Waals surface area (Å²) in [6.07, 6.45) is -3.35. The number of aryl methyl sites for hydroxylation is 1. The van der Waals surface area contributed by atoms with Crippen LogP contribution < -0.4 is 5.32 Å². The number of aromatic nitrogens is 2. The smallest absolute Gasteiger partial charge is 0.349 e. The number of alkyl halides is 3. The van der Waals surface area contributed by atoms with Crippen LogP contribution in [0.3, 0.4) is 0 Å². The molecule has 0 aromatic carbocycles. The fourth-order valence-electron chi connectivity index (χ4n) is 1.35. The summed E-state index contributed by atoms with van der Waals surface area (Å²) in [5.41, 5.74) is -0.942. The van der Waals surface area contributed by atoms with Crippen molar-refractivity contribution in [1.29, 1.82) is 0 Å². The molecule has 3 nitrogen and oxygen atoms in total. The molecule has 0 saturated heterocycles. The Balaban J connectivity index is 2.06. The molecule has 2 heterocycles. The van der Waals surface area contributed by atoms with Gasteiger partial charge in [-0.25, -0.2) is 9.97 Å². The standard InChI is InChI=1S/C11H10F3N3S/c1-7-2-3-8(18-7)6-16-10-15-5-4-9(17-10)11(12,13)14/h2-5H,6H2,1H3,(H,15,16,17). The van der Waals surface area contributed by atoms with Crippen LogP contribution >= 0.6 is 11.3 Å². The highest BCUT2D eigenvalue weighted by Crippen LogP contribution is 2.27. The van der Waals surface area contributed by atoms with E-state index >= 15 is 0 Å². The van der Waals surface area contributed by atoms with E-state index in [9.17, 15) is 13.2 Å². The van der Waals surface area contributed by atoms with Gasteiger partial charge in [-0.15, -0.1) is 11.3 Å². The quantitative estimate of drug-likeness (QED) is 0.930. The zero-order chi connectivity index (χ0) is 13.2. The van der Waals surface area contributed by atoms with Crippen LogP contribution in [0.15, 0.2) is 24.4 Å². The average molecular weight is 273 g/mol. The molecule has 2 aromatic heterocycles. The van der Waals surface area contributed by atoms with Crippen molar-refractivity contribution in [2.24, 2.45) is 0 Å². The Morgan fingerprint density at radius 3 is 2.67 bits per heavy atom. The van der Waals surface area contributed by atoms with Gasteiger partial charge in [-0.05, 0) is 25.1 Å². The molecule has 0 aliphatic heterocycles. The molecule has 0 amide bonds. The Hall–Kier alpha value is -1.63. The minimum absolute atomic E-state index is 0.0177. The number of rotatable bonds is 3. The molecule has 0 saturated carbocycles. The van der Waals surface area contributed by atoms with Gasteiger partial charge in [0.1, 0.15) is 5.69 Å². The van der Waals surface area contributed by atoms with E-state index < -0.39 is 11.9 Å². The largest absolute Gasteiger partial charge is 0.433 e. The summed E-state index contributed by atoms with van der Waals surface area (Å²) in [6.45, 7) is 2.38. The third kappa shape index (κ3) is 3.19. The molecule has 0 radical (unpaired) electrons. The van der Waals surface area contributed by atoms with Crippen LogP contribution in [0.2, 0.25) is 0 Å². The van der Waals surface area contributed by atoms with Crippen LogP contribution in [0.5, 0.6) is 0 Å². The van der Waals surface area contributed by atoms with E-state index in [0.29, 0.717) is 6.54 Å². The first-order valence-corrected chi connectivity index (χ1v) is 5.96. The fraction of sp³-hybridized carbons (Fsp3) is 0.273. The number of anilines is 1. The van der Waals surface area contributed by atoms with Crippen LogP contribution in [0, 0.1) is 6.92 Å². The Morgan fingerprint density at radius 2 is 2.06 bits per heavy atom. The van der Waals surface area contributed by atoms with E-state index in [1.165, 1.54) is 0 Å². The molecule has 0 aliphatic rings. The summed E-state index contributed by atoms with van der Waals surface area (Å²) >= 11 is 1.58. The molecule has 0 atom stereocenters. The van der Waals surface area contributed by atoms with Crippen molar-refractivity contribution in [1.82, 2.24) is 9.97 Å². The number of hydrogen-bond donors (Lipinski definition) is 1. The second-order valence-corrected chi connectivity index (χ2v) is 5.00. The van der Waals surface area contributed by atoms with Gasteiger partial charge >= 0.3 is 6.18 Å². The minimum Gasteiger partial charge on any atom is -0.349 e. The Kier molecular flexibility index (Phi) is 3.51. The molecule has 1 N–H and O–H groups in total. The zero-order valence-electron chi connectivity index (χ0n) is 9.45. The Labute approximate surface area is 106 Å². The Morgan fingerprint density at radius 1 is 1.28 bits per heavy atom. The number of halogens is 3. The first-order chi connectivity index (χ1) is 8.45. The second kappa shape index (κ2) is 4.93. The SMILES string of the molecule is Cc1ccc(CNc2nccc(C(F)(F)F)n2)s1. The predicted molar refractivity (Wildman–Crippen MR) is 63.4 cm³/mol. The first-order valence-electron chi connectivity index (χ1n) is 5.14. The van der Waals surface area contributed by atoms with E-state index in [2.05, 4.69) is 15.3 Å². The third-order valence-electron chi connectivity index (χ3n) is 2.16. The van der Waals surface area contributed by atoms with Crippen molar-refractivity contribution in [3.05, 3.63) is 39.8 Å². The summed E-state index contributed by atoms with van der Waals surface area (Å²) < 4.78 is 37.3. The monoisotopic (exact) mass is 273 g/mol. The van der Waals surface area contributed by atoms with E-state index in [1.807, 2.05) is 19.1 Å². The lowest BCUT2D eigenvalue weighted by Gasteiger charge is -2.07. The molecular weight excluding hydrogens is 263 g/mol. The van der Waals surface area contributed by atoms with E-state index in [1.54, 1.807) is 11.3 Å². The van der Waals surface area contributed by atoms with Crippen LogP contribution in [0.4, 0.5) is 19.1 Å². The highest BCUT2D eigenvalue weighted by molar-refractivity contribution is 7.11. The van der Waals surface area contributed by atoms with E-state index in [4.69, 9.17) is 0 Å². The van der Waals surface area contributed by atoms with Crippen LogP contribution in [-0.4, -0.2) is 9.97 Å². The van der Waals surface area contributed by atoms with Crippen molar-refractivity contribution in [2.75, 3.05) is 5.32 Å². The maximum atomic E-state index is 12.4. The Bertz CT molecular complexity index is 536. The third-order valence-corrected chi connectivity index (χ3v) is 3.16.